The van der Waals surface area contributed by atoms with Gasteiger partial charge in [0.2, 0.25) is 5.91 Å². The molecule has 79 heavy (non-hydrogen) atoms. The summed E-state index contributed by atoms with van der Waals surface area (Å²) in [6, 6.07) is -0.822. The fourth-order valence-corrected chi connectivity index (χ4v) is 10.8. The van der Waals surface area contributed by atoms with E-state index >= 15 is 0 Å². The van der Waals surface area contributed by atoms with Crippen LogP contribution in [0.1, 0.15) is 277 Å². The molecule has 2 rings (SSSR count). The summed E-state index contributed by atoms with van der Waals surface area (Å²) in [4.78, 5) is 13.1. The molecule has 2 fully saturated rings. The van der Waals surface area contributed by atoms with Crippen molar-refractivity contribution in [3.63, 3.8) is 0 Å². The van der Waals surface area contributed by atoms with Crippen LogP contribution in [0.3, 0.4) is 0 Å². The van der Waals surface area contributed by atoms with Gasteiger partial charge in [0, 0.05) is 6.42 Å². The number of allylic oxidation sites excluding steroid dienone is 6. The smallest absolute Gasteiger partial charge is 0.220 e. The van der Waals surface area contributed by atoms with Crippen LogP contribution in [0.5, 0.6) is 0 Å². The van der Waals surface area contributed by atoms with E-state index in [1.807, 2.05) is 0 Å². The summed E-state index contributed by atoms with van der Waals surface area (Å²) in [6.07, 6.45) is 47.3. The quantitative estimate of drug-likeness (QED) is 0.0204. The van der Waals surface area contributed by atoms with Crippen molar-refractivity contribution in [1.82, 2.24) is 5.32 Å². The topological polar surface area (TPSA) is 228 Å². The minimum absolute atomic E-state index is 0.212. The summed E-state index contributed by atoms with van der Waals surface area (Å²) in [5.74, 6) is -0.212. The average molecular weight is 1120 g/mol. The number of unbranched alkanes of at least 4 members (excludes halogenated alkanes) is 34. The summed E-state index contributed by atoms with van der Waals surface area (Å²) in [6.45, 7) is 2.72. The molecule has 2 aliphatic rings. The van der Waals surface area contributed by atoms with E-state index in [9.17, 15) is 45.6 Å². The summed E-state index contributed by atoms with van der Waals surface area (Å²) in [5.41, 5.74) is 0. The molecular weight excluding hydrogens is 1000 g/mol. The van der Waals surface area contributed by atoms with Gasteiger partial charge in [0.25, 0.3) is 0 Å². The van der Waals surface area contributed by atoms with E-state index in [1.54, 1.807) is 0 Å². The zero-order valence-electron chi connectivity index (χ0n) is 50.1. The minimum Gasteiger partial charge on any atom is -0.394 e. The van der Waals surface area contributed by atoms with E-state index < -0.39 is 86.8 Å². The first-order chi connectivity index (χ1) is 38.6. The van der Waals surface area contributed by atoms with Crippen LogP contribution in [0, 0.1) is 0 Å². The largest absolute Gasteiger partial charge is 0.394 e. The maximum absolute atomic E-state index is 13.1. The third-order valence-electron chi connectivity index (χ3n) is 16.1. The average Bonchev–Trinajstić information content (AvgIpc) is 3.45. The highest BCUT2D eigenvalue weighted by Crippen LogP contribution is 2.30. The van der Waals surface area contributed by atoms with Crippen LogP contribution < -0.4 is 5.32 Å². The van der Waals surface area contributed by atoms with Crippen LogP contribution in [-0.4, -0.2) is 140 Å². The first kappa shape index (κ1) is 73.3. The number of ether oxygens (including phenoxy) is 4. The van der Waals surface area contributed by atoms with Crippen molar-refractivity contribution in [1.29, 1.82) is 0 Å². The second-order valence-electron chi connectivity index (χ2n) is 23.2. The standard InChI is InChI=1S/C65H121NO13/c1-3-5-7-9-10-11-12-13-14-15-16-17-18-19-20-21-22-23-24-25-26-27-28-29-30-31-32-33-34-35-36-37-38-39-40-41-42-43-44-45-47-49-57(70)66-53(54(69)48-46-8-6-4-2)52-76-64-62(75)60(73)63(56(51-68)78-64)79-65-61(74)59(72)58(71)55(50-67)77-65/h12-13,15-16,18-19,53-56,58-65,67-69,71-75H,3-11,14,17,20-52H2,1-2H3,(H,66,70)/b13-12-,16-15-,19-18-. The molecule has 2 aliphatic heterocycles. The Hall–Kier alpha value is -1.79. The molecule has 12 atom stereocenters. The van der Waals surface area contributed by atoms with E-state index in [0.29, 0.717) is 12.8 Å². The fraction of sp³-hybridized carbons (Fsp3) is 0.892. The lowest BCUT2D eigenvalue weighted by Crippen LogP contribution is -2.65. The van der Waals surface area contributed by atoms with Crippen molar-refractivity contribution in [2.24, 2.45) is 0 Å². The molecular formula is C65H121NO13. The van der Waals surface area contributed by atoms with Crippen molar-refractivity contribution < 1.29 is 64.6 Å². The molecule has 0 aromatic heterocycles. The molecule has 0 bridgehead atoms. The maximum Gasteiger partial charge on any atom is 0.220 e. The summed E-state index contributed by atoms with van der Waals surface area (Å²) in [7, 11) is 0. The van der Waals surface area contributed by atoms with E-state index in [-0.39, 0.29) is 12.5 Å². The first-order valence-electron chi connectivity index (χ1n) is 32.7. The molecule has 464 valence electrons. The number of aliphatic hydroxyl groups excluding tert-OH is 8. The number of rotatable bonds is 53. The Morgan fingerprint density at radius 2 is 0.835 bits per heavy atom. The molecule has 0 radical (unpaired) electrons. The van der Waals surface area contributed by atoms with Gasteiger partial charge >= 0.3 is 0 Å². The highest BCUT2D eigenvalue weighted by atomic mass is 16.7. The Bertz CT molecular complexity index is 1460. The molecule has 0 spiro atoms. The number of nitrogens with one attached hydrogen (secondary N) is 1. The molecule has 0 aromatic rings. The SMILES string of the molecule is CCCCCCC/C=C\C/C=C\C/C=C\CCCCCCCCCCCCCCCCCCCCCCCCCCCCC(=O)NC(COC1OC(CO)C(OC2OC(CO)C(O)C(O)C2O)C(O)C1O)C(O)CCCCCC. The molecule has 0 aliphatic carbocycles. The second kappa shape index (κ2) is 50.7. The highest BCUT2D eigenvalue weighted by molar-refractivity contribution is 5.76. The molecule has 0 saturated carbocycles. The fourth-order valence-electron chi connectivity index (χ4n) is 10.8. The molecule has 9 N–H and O–H groups in total. The van der Waals surface area contributed by atoms with E-state index in [1.165, 1.54) is 186 Å². The highest BCUT2D eigenvalue weighted by Gasteiger charge is 2.51. The summed E-state index contributed by atoms with van der Waals surface area (Å²) in [5, 5.41) is 86.4. The molecule has 0 aromatic carbocycles. The van der Waals surface area contributed by atoms with Gasteiger partial charge in [-0.25, -0.2) is 0 Å². The Morgan fingerprint density at radius 1 is 0.456 bits per heavy atom. The number of aliphatic hydroxyl groups is 8. The number of carbonyl (C=O) groups is 1. The molecule has 12 unspecified atom stereocenters. The first-order valence-corrected chi connectivity index (χ1v) is 32.7. The van der Waals surface area contributed by atoms with Crippen LogP contribution in [0.15, 0.2) is 36.5 Å². The van der Waals surface area contributed by atoms with Gasteiger partial charge in [0.1, 0.15) is 48.8 Å². The number of hydrogen-bond donors (Lipinski definition) is 9. The van der Waals surface area contributed by atoms with Crippen LogP contribution in [0.25, 0.3) is 0 Å². The lowest BCUT2D eigenvalue weighted by Gasteiger charge is -2.46. The van der Waals surface area contributed by atoms with Gasteiger partial charge in [0.05, 0.1) is 32.0 Å². The van der Waals surface area contributed by atoms with Gasteiger partial charge in [-0.1, -0.05) is 256 Å². The summed E-state index contributed by atoms with van der Waals surface area (Å²) < 4.78 is 22.6. The lowest BCUT2D eigenvalue weighted by molar-refractivity contribution is -0.359. The predicted octanol–water partition coefficient (Wildman–Crippen LogP) is 12.2. The zero-order valence-corrected chi connectivity index (χ0v) is 50.1. The Balaban J connectivity index is 1.42. The van der Waals surface area contributed by atoms with Gasteiger partial charge < -0.3 is 65.1 Å². The van der Waals surface area contributed by atoms with Crippen molar-refractivity contribution in [3.05, 3.63) is 36.5 Å². The third-order valence-corrected chi connectivity index (χ3v) is 16.1. The van der Waals surface area contributed by atoms with E-state index in [2.05, 4.69) is 55.6 Å². The van der Waals surface area contributed by atoms with Crippen molar-refractivity contribution >= 4 is 5.91 Å². The molecule has 2 saturated heterocycles. The Kier molecular flexibility index (Phi) is 47.0. The normalized spacial score (nSPS) is 24.6. The lowest BCUT2D eigenvalue weighted by atomic mass is 9.97. The second-order valence-corrected chi connectivity index (χ2v) is 23.2. The molecule has 2 heterocycles. The van der Waals surface area contributed by atoms with Gasteiger partial charge in [0.15, 0.2) is 12.6 Å². The van der Waals surface area contributed by atoms with Crippen LogP contribution >= 0.6 is 0 Å². The van der Waals surface area contributed by atoms with Gasteiger partial charge in [-0.3, -0.25) is 4.79 Å². The molecule has 14 heteroatoms. The van der Waals surface area contributed by atoms with Crippen molar-refractivity contribution in [3.8, 4) is 0 Å². The van der Waals surface area contributed by atoms with Gasteiger partial charge in [-0.2, -0.15) is 0 Å². The van der Waals surface area contributed by atoms with Crippen LogP contribution in [-0.2, 0) is 23.7 Å². The predicted molar refractivity (Wildman–Crippen MR) is 318 cm³/mol. The Morgan fingerprint density at radius 3 is 1.28 bits per heavy atom. The van der Waals surface area contributed by atoms with Gasteiger partial charge in [-0.05, 0) is 51.4 Å². The van der Waals surface area contributed by atoms with Crippen LogP contribution in [0.2, 0.25) is 0 Å². The van der Waals surface area contributed by atoms with Crippen LogP contribution in [0.4, 0.5) is 0 Å². The van der Waals surface area contributed by atoms with E-state index in [4.69, 9.17) is 18.9 Å². The van der Waals surface area contributed by atoms with Gasteiger partial charge in [-0.15, -0.1) is 0 Å². The maximum atomic E-state index is 13.1. The van der Waals surface area contributed by atoms with Crippen molar-refractivity contribution in [2.75, 3.05) is 19.8 Å². The number of amides is 1. The van der Waals surface area contributed by atoms with E-state index in [0.717, 1.165) is 64.2 Å². The molecule has 1 amide bonds. The monoisotopic (exact) mass is 1120 g/mol. The number of hydrogen-bond acceptors (Lipinski definition) is 13. The molecule has 14 nitrogen and oxygen atoms in total. The van der Waals surface area contributed by atoms with Crippen molar-refractivity contribution in [2.45, 2.75) is 351 Å². The Labute approximate surface area is 481 Å². The third kappa shape index (κ3) is 35.8. The zero-order chi connectivity index (χ0) is 57.4. The minimum atomic E-state index is -1.78. The summed E-state index contributed by atoms with van der Waals surface area (Å²) >= 11 is 0. The number of carbonyl (C=O) groups excluding carboxylic acids is 1.